The Balaban J connectivity index is 2.35. The molecule has 0 bridgehead atoms. The molecule has 0 aliphatic rings. The van der Waals surface area contributed by atoms with Crippen LogP contribution < -0.4 is 0 Å². The molecule has 2 aromatic rings. The molecule has 0 aliphatic heterocycles. The molecule has 0 amide bonds. The first-order chi connectivity index (χ1) is 9.93. The highest BCUT2D eigenvalue weighted by atomic mass is 16.3. The number of phenols is 1. The van der Waals surface area contributed by atoms with Crippen molar-refractivity contribution >= 4 is 0 Å². The van der Waals surface area contributed by atoms with Crippen molar-refractivity contribution in [1.82, 2.24) is 0 Å². The van der Waals surface area contributed by atoms with Crippen molar-refractivity contribution < 1.29 is 5.11 Å². The lowest BCUT2D eigenvalue weighted by atomic mass is 9.91. The molecule has 0 aromatic heterocycles. The van der Waals surface area contributed by atoms with Crippen molar-refractivity contribution in [3.05, 3.63) is 63.7 Å². The number of aromatic hydroxyl groups is 1. The molecule has 0 radical (unpaired) electrons. The van der Waals surface area contributed by atoms with Crippen LogP contribution in [0.3, 0.4) is 0 Å². The van der Waals surface area contributed by atoms with Gasteiger partial charge in [0.05, 0.1) is 0 Å². The molecule has 0 atom stereocenters. The third kappa shape index (κ3) is 3.29. The first kappa shape index (κ1) is 15.6. The average molecular weight is 282 g/mol. The van der Waals surface area contributed by atoms with Crippen LogP contribution in [-0.4, -0.2) is 5.11 Å². The van der Waals surface area contributed by atoms with Crippen LogP contribution in [0.5, 0.6) is 5.75 Å². The quantitative estimate of drug-likeness (QED) is 0.808. The van der Waals surface area contributed by atoms with Gasteiger partial charge in [-0.25, -0.2) is 0 Å². The molecule has 2 aromatic carbocycles. The maximum atomic E-state index is 10.3. The fourth-order valence-corrected chi connectivity index (χ4v) is 3.04. The van der Waals surface area contributed by atoms with Crippen molar-refractivity contribution in [1.29, 1.82) is 0 Å². The lowest BCUT2D eigenvalue weighted by molar-refractivity contribution is 0.468. The SMILES string of the molecule is CCc1c(C)cc(O)c(Cc2ccc(C(C)C)cc2)c1C. The summed E-state index contributed by atoms with van der Waals surface area (Å²) in [5.41, 5.74) is 7.47. The van der Waals surface area contributed by atoms with Gasteiger partial charge < -0.3 is 5.11 Å². The molecule has 0 aliphatic carbocycles. The van der Waals surface area contributed by atoms with Gasteiger partial charge in [-0.1, -0.05) is 45.0 Å². The molecule has 1 N–H and O–H groups in total. The summed E-state index contributed by atoms with van der Waals surface area (Å²) in [7, 11) is 0. The van der Waals surface area contributed by atoms with E-state index in [2.05, 4.69) is 58.9 Å². The summed E-state index contributed by atoms with van der Waals surface area (Å²) >= 11 is 0. The third-order valence-corrected chi connectivity index (χ3v) is 4.42. The standard InChI is InChI=1S/C20H26O/c1-6-18-14(4)11-20(21)19(15(18)5)12-16-7-9-17(10-8-16)13(2)3/h7-11,13,21H,6,12H2,1-5H3. The minimum absolute atomic E-state index is 0.426. The van der Waals surface area contributed by atoms with E-state index in [1.807, 2.05) is 6.07 Å². The normalized spacial score (nSPS) is 11.1. The Labute approximate surface area is 128 Å². The largest absolute Gasteiger partial charge is 0.508 e. The summed E-state index contributed by atoms with van der Waals surface area (Å²) in [4.78, 5) is 0. The molecule has 0 saturated heterocycles. The average Bonchev–Trinajstić information content (AvgIpc) is 2.44. The van der Waals surface area contributed by atoms with Crippen LogP contribution in [0.1, 0.15) is 60.1 Å². The summed E-state index contributed by atoms with van der Waals surface area (Å²) in [6.45, 7) is 10.8. The van der Waals surface area contributed by atoms with Gasteiger partial charge in [0, 0.05) is 12.0 Å². The second kappa shape index (κ2) is 6.34. The molecule has 0 saturated carbocycles. The lowest BCUT2D eigenvalue weighted by Crippen LogP contribution is -2.00. The minimum Gasteiger partial charge on any atom is -0.508 e. The van der Waals surface area contributed by atoms with Gasteiger partial charge in [0.15, 0.2) is 0 Å². The van der Waals surface area contributed by atoms with Crippen molar-refractivity contribution in [3.63, 3.8) is 0 Å². The van der Waals surface area contributed by atoms with E-state index in [1.54, 1.807) is 0 Å². The Hall–Kier alpha value is -1.76. The molecule has 0 heterocycles. The van der Waals surface area contributed by atoms with Crippen LogP contribution in [-0.2, 0) is 12.8 Å². The summed E-state index contributed by atoms with van der Waals surface area (Å²) in [5, 5.41) is 10.3. The lowest BCUT2D eigenvalue weighted by Gasteiger charge is -2.16. The smallest absolute Gasteiger partial charge is 0.119 e. The fourth-order valence-electron chi connectivity index (χ4n) is 3.04. The van der Waals surface area contributed by atoms with Crippen LogP contribution in [0.4, 0.5) is 0 Å². The monoisotopic (exact) mass is 282 g/mol. The molecule has 1 nitrogen and oxygen atoms in total. The van der Waals surface area contributed by atoms with Crippen LogP contribution in [0.15, 0.2) is 30.3 Å². The van der Waals surface area contributed by atoms with Gasteiger partial charge in [-0.2, -0.15) is 0 Å². The number of hydrogen-bond acceptors (Lipinski definition) is 1. The zero-order chi connectivity index (χ0) is 15.6. The second-order valence-corrected chi connectivity index (χ2v) is 6.22. The number of rotatable bonds is 4. The van der Waals surface area contributed by atoms with Gasteiger partial charge >= 0.3 is 0 Å². The van der Waals surface area contributed by atoms with Gasteiger partial charge in [-0.3, -0.25) is 0 Å². The maximum absolute atomic E-state index is 10.3. The Bertz CT molecular complexity index is 621. The number of benzene rings is 2. The molecule has 21 heavy (non-hydrogen) atoms. The zero-order valence-corrected chi connectivity index (χ0v) is 13.8. The Morgan fingerprint density at radius 2 is 1.62 bits per heavy atom. The highest BCUT2D eigenvalue weighted by Gasteiger charge is 2.12. The molecule has 0 unspecified atom stereocenters. The minimum atomic E-state index is 0.426. The van der Waals surface area contributed by atoms with E-state index >= 15 is 0 Å². The van der Waals surface area contributed by atoms with E-state index in [9.17, 15) is 5.11 Å². The van der Waals surface area contributed by atoms with E-state index in [0.29, 0.717) is 11.7 Å². The molecule has 0 spiro atoms. The molecule has 1 heteroatoms. The van der Waals surface area contributed by atoms with Gasteiger partial charge in [0.1, 0.15) is 5.75 Å². The van der Waals surface area contributed by atoms with Crippen molar-refractivity contribution in [3.8, 4) is 5.75 Å². The summed E-state index contributed by atoms with van der Waals surface area (Å²) < 4.78 is 0. The van der Waals surface area contributed by atoms with E-state index < -0.39 is 0 Å². The van der Waals surface area contributed by atoms with Crippen LogP contribution in [0.25, 0.3) is 0 Å². The summed E-state index contributed by atoms with van der Waals surface area (Å²) in [6.07, 6.45) is 1.81. The number of aryl methyl sites for hydroxylation is 1. The molecule has 2 rings (SSSR count). The van der Waals surface area contributed by atoms with E-state index in [-0.39, 0.29) is 0 Å². The van der Waals surface area contributed by atoms with Gasteiger partial charge in [0.25, 0.3) is 0 Å². The fraction of sp³-hybridized carbons (Fsp3) is 0.400. The van der Waals surface area contributed by atoms with Crippen molar-refractivity contribution in [2.45, 2.75) is 53.4 Å². The van der Waals surface area contributed by atoms with Crippen LogP contribution in [0, 0.1) is 13.8 Å². The van der Waals surface area contributed by atoms with Crippen LogP contribution >= 0.6 is 0 Å². The second-order valence-electron chi connectivity index (χ2n) is 6.22. The number of hydrogen-bond donors (Lipinski definition) is 1. The summed E-state index contributed by atoms with van der Waals surface area (Å²) in [6, 6.07) is 10.7. The molecular weight excluding hydrogens is 256 g/mol. The van der Waals surface area contributed by atoms with Gasteiger partial charge in [-0.15, -0.1) is 0 Å². The molecular formula is C20H26O. The van der Waals surface area contributed by atoms with Gasteiger partial charge in [0.2, 0.25) is 0 Å². The predicted molar refractivity (Wildman–Crippen MR) is 90.3 cm³/mol. The zero-order valence-electron chi connectivity index (χ0n) is 13.8. The van der Waals surface area contributed by atoms with Crippen molar-refractivity contribution in [2.75, 3.05) is 0 Å². The Morgan fingerprint density at radius 1 is 1.00 bits per heavy atom. The van der Waals surface area contributed by atoms with E-state index in [1.165, 1.54) is 27.8 Å². The number of phenolic OH excluding ortho intramolecular Hbond substituents is 1. The topological polar surface area (TPSA) is 20.2 Å². The van der Waals surface area contributed by atoms with Crippen molar-refractivity contribution in [2.24, 2.45) is 0 Å². The highest BCUT2D eigenvalue weighted by Crippen LogP contribution is 2.30. The maximum Gasteiger partial charge on any atom is 0.119 e. The predicted octanol–water partition coefficient (Wildman–Crippen LogP) is 5.29. The van der Waals surface area contributed by atoms with Gasteiger partial charge in [-0.05, 0) is 60.1 Å². The Morgan fingerprint density at radius 3 is 2.14 bits per heavy atom. The summed E-state index contributed by atoms with van der Waals surface area (Å²) in [5.74, 6) is 0.982. The Kier molecular flexibility index (Phi) is 4.72. The molecule has 112 valence electrons. The molecule has 0 fully saturated rings. The first-order valence-electron chi connectivity index (χ1n) is 7.83. The first-order valence-corrected chi connectivity index (χ1v) is 7.83. The van der Waals surface area contributed by atoms with E-state index in [4.69, 9.17) is 0 Å². The van der Waals surface area contributed by atoms with Crippen LogP contribution in [0.2, 0.25) is 0 Å². The van der Waals surface area contributed by atoms with E-state index in [0.717, 1.165) is 18.4 Å². The highest BCUT2D eigenvalue weighted by molar-refractivity contribution is 5.50. The third-order valence-electron chi connectivity index (χ3n) is 4.42.